The third-order valence-corrected chi connectivity index (χ3v) is 17.3. The Kier molecular flexibility index (Phi) is 11.9. The van der Waals surface area contributed by atoms with Gasteiger partial charge in [0, 0.05) is 59.0 Å². The Morgan fingerprint density at radius 3 is 2.51 bits per heavy atom. The van der Waals surface area contributed by atoms with Crippen molar-refractivity contribution >= 4 is 90.3 Å². The van der Waals surface area contributed by atoms with Crippen LogP contribution in [0.1, 0.15) is 95.0 Å². The van der Waals surface area contributed by atoms with Crippen molar-refractivity contribution in [2.45, 2.75) is 88.6 Å². The Morgan fingerprint density at radius 1 is 1.00 bits per heavy atom. The number of carboxylic acid groups (broad SMARTS) is 2. The predicted molar refractivity (Wildman–Crippen MR) is 260 cm³/mol. The van der Waals surface area contributed by atoms with E-state index in [1.807, 2.05) is 38.1 Å². The molecule has 3 fully saturated rings. The maximum absolute atomic E-state index is 15.3. The molecular weight excluding hydrogens is 944 g/mol. The van der Waals surface area contributed by atoms with Crippen molar-refractivity contribution in [3.05, 3.63) is 99.7 Å². The van der Waals surface area contributed by atoms with Crippen LogP contribution >= 0.6 is 11.3 Å². The number of anilines is 3. The first-order valence-corrected chi connectivity index (χ1v) is 25.4. The Morgan fingerprint density at radius 2 is 1.79 bits per heavy atom. The summed E-state index contributed by atoms with van der Waals surface area (Å²) in [6.45, 7) is 6.05. The van der Waals surface area contributed by atoms with E-state index in [2.05, 4.69) is 15.5 Å². The van der Waals surface area contributed by atoms with E-state index in [1.165, 1.54) is 21.3 Å². The lowest BCUT2D eigenvalue weighted by Crippen LogP contribution is -2.55. The molecule has 4 aromatic carbocycles. The Hall–Kier alpha value is -6.90. The lowest BCUT2D eigenvalue weighted by Gasteiger charge is -2.45. The topological polar surface area (TPSA) is 229 Å². The number of hydrogen-bond donors (Lipinski definition) is 4. The van der Waals surface area contributed by atoms with Crippen LogP contribution in [0.25, 0.3) is 32.3 Å². The third kappa shape index (κ3) is 8.50. The second-order valence-electron chi connectivity index (χ2n) is 19.0. The summed E-state index contributed by atoms with van der Waals surface area (Å²) < 4.78 is 56.6. The van der Waals surface area contributed by atoms with E-state index < -0.39 is 51.9 Å². The largest absolute Gasteiger partial charge is 0.480 e. The van der Waals surface area contributed by atoms with Crippen LogP contribution in [0.3, 0.4) is 0 Å². The highest BCUT2D eigenvalue weighted by Crippen LogP contribution is 2.46. The molecule has 3 saturated heterocycles. The number of imide groups is 1. The number of carbonyl (C=O) groups is 5. The maximum atomic E-state index is 15.3. The summed E-state index contributed by atoms with van der Waals surface area (Å²) in [5.41, 5.74) is 4.20. The first-order chi connectivity index (χ1) is 33.4. The van der Waals surface area contributed by atoms with Gasteiger partial charge in [0.1, 0.15) is 23.1 Å². The zero-order valence-corrected chi connectivity index (χ0v) is 40.0. The smallest absolute Gasteiger partial charge is 0.349 e. The molecule has 0 saturated carbocycles. The van der Waals surface area contributed by atoms with Gasteiger partial charge in [0.05, 0.1) is 17.1 Å². The van der Waals surface area contributed by atoms with Gasteiger partial charge >= 0.3 is 11.9 Å². The van der Waals surface area contributed by atoms with Crippen LogP contribution in [0, 0.1) is 12.7 Å². The number of hydrogen-bond acceptors (Lipinski definition) is 13. The van der Waals surface area contributed by atoms with Crippen LogP contribution in [0.4, 0.5) is 21.8 Å². The summed E-state index contributed by atoms with van der Waals surface area (Å²) in [5.74, 6) is -4.27. The monoisotopic (exact) mass is 992 g/mol. The van der Waals surface area contributed by atoms with E-state index in [-0.39, 0.29) is 65.2 Å². The number of thiophene rings is 1. The van der Waals surface area contributed by atoms with Gasteiger partial charge in [-0.05, 0) is 117 Å². The standard InChI is InChI=1S/C50H49FN6O11S2/c1-26-43(67-24-41(59)60)45(48(63)64)69-44(26)29-8-10-34(51)35(22-29)52-30-17-20-56(50(2,3)23-30)70(65,66)25-27-7-13-39-36(21-27)53-49(68-39)55-18-15-28(16-19-55)31-9-11-37-42-32(31)5-4-6-33(42)47(62)57(37)38-12-14-40(58)54-46(38)61/h4-11,13,21-22,28,30,38,52H,12,14-20,23-25H2,1-3H3,(H,59,60)(H,63,64)(H,54,58,61). The Balaban J connectivity index is 0.785. The molecule has 6 aromatic rings. The number of carbonyl (C=O) groups excluding carboxylic acids is 3. The molecule has 17 nitrogen and oxygen atoms in total. The molecule has 10 rings (SSSR count). The maximum Gasteiger partial charge on any atom is 0.349 e. The number of halogens is 1. The Labute approximate surface area is 405 Å². The molecule has 2 atom stereocenters. The first-order valence-electron chi connectivity index (χ1n) is 23.0. The average molecular weight is 993 g/mol. The van der Waals surface area contributed by atoms with Gasteiger partial charge in [-0.1, -0.05) is 30.3 Å². The number of benzene rings is 4. The van der Waals surface area contributed by atoms with Crippen molar-refractivity contribution < 1.29 is 56.1 Å². The quantitative estimate of drug-likeness (QED) is 0.0815. The fraction of sp³-hybridized carbons (Fsp3) is 0.360. The van der Waals surface area contributed by atoms with Gasteiger partial charge in [-0.15, -0.1) is 11.3 Å². The van der Waals surface area contributed by atoms with Crippen molar-refractivity contribution in [1.29, 1.82) is 0 Å². The number of oxazole rings is 1. The van der Waals surface area contributed by atoms with Gasteiger partial charge in [-0.3, -0.25) is 24.6 Å². The predicted octanol–water partition coefficient (Wildman–Crippen LogP) is 7.65. The van der Waals surface area contributed by atoms with Crippen LogP contribution in [-0.4, -0.2) is 101 Å². The SMILES string of the molecule is Cc1c(-c2ccc(F)c(NC3CCN(S(=O)(=O)Cc4ccc5oc(N6CCC(c7ccc8c9c(cccc79)C(=O)N8C7CCC(=O)NC7=O)CC6)nc5c4)C(C)(C)C3)c2)sc(C(=O)O)c1OCC(=O)O. The molecule has 3 amide bonds. The minimum absolute atomic E-state index is 0.0557. The molecule has 2 aromatic heterocycles. The van der Waals surface area contributed by atoms with Gasteiger partial charge in [0.15, 0.2) is 17.1 Å². The first kappa shape index (κ1) is 46.8. The number of piperidine rings is 3. The summed E-state index contributed by atoms with van der Waals surface area (Å²) in [7, 11) is -3.85. The molecule has 20 heteroatoms. The third-order valence-electron chi connectivity index (χ3n) is 13.9. The van der Waals surface area contributed by atoms with Crippen molar-refractivity contribution in [2.24, 2.45) is 0 Å². The summed E-state index contributed by atoms with van der Waals surface area (Å²) in [4.78, 5) is 70.2. The van der Waals surface area contributed by atoms with Crippen molar-refractivity contribution in [3.8, 4) is 16.2 Å². The highest BCUT2D eigenvalue weighted by molar-refractivity contribution is 7.88. The van der Waals surface area contributed by atoms with Crippen LogP contribution in [0.5, 0.6) is 5.75 Å². The number of fused-ring (bicyclic) bond motifs is 1. The van der Waals surface area contributed by atoms with Crippen molar-refractivity contribution in [2.75, 3.05) is 41.4 Å². The van der Waals surface area contributed by atoms with E-state index in [4.69, 9.17) is 19.2 Å². The second-order valence-corrected chi connectivity index (χ2v) is 21.9. The minimum atomic E-state index is -3.85. The van der Waals surface area contributed by atoms with E-state index in [9.17, 15) is 37.5 Å². The number of aliphatic carboxylic acids is 1. The number of rotatable bonds is 13. The van der Waals surface area contributed by atoms with E-state index in [0.717, 1.165) is 40.5 Å². The number of amides is 3. The average Bonchev–Trinajstić information content (AvgIpc) is 3.98. The summed E-state index contributed by atoms with van der Waals surface area (Å²) >= 11 is 0.902. The number of carboxylic acids is 2. The van der Waals surface area contributed by atoms with Crippen LogP contribution in [0.15, 0.2) is 71.1 Å². The fourth-order valence-corrected chi connectivity index (χ4v) is 13.8. The van der Waals surface area contributed by atoms with Gasteiger partial charge in [-0.2, -0.15) is 9.29 Å². The number of aromatic carboxylic acids is 1. The molecule has 70 heavy (non-hydrogen) atoms. The number of ether oxygens (including phenoxy) is 1. The Bertz CT molecular complexity index is 3290. The summed E-state index contributed by atoms with van der Waals surface area (Å²) in [6.07, 6.45) is 2.75. The lowest BCUT2D eigenvalue weighted by atomic mass is 9.85. The molecular formula is C50H49FN6O11S2. The van der Waals surface area contributed by atoms with Gasteiger partial charge in [0.25, 0.3) is 11.9 Å². The number of aromatic nitrogens is 1. The fourth-order valence-electron chi connectivity index (χ4n) is 10.7. The van der Waals surface area contributed by atoms with Crippen LogP contribution in [0.2, 0.25) is 0 Å². The van der Waals surface area contributed by atoms with Gasteiger partial charge in [-0.25, -0.2) is 22.4 Å². The van der Waals surface area contributed by atoms with Gasteiger partial charge in [0.2, 0.25) is 21.8 Å². The molecule has 0 radical (unpaired) electrons. The molecule has 0 spiro atoms. The molecule has 0 aliphatic carbocycles. The van der Waals surface area contributed by atoms with E-state index in [1.54, 1.807) is 37.3 Å². The van der Waals surface area contributed by atoms with Crippen molar-refractivity contribution in [1.82, 2.24) is 14.6 Å². The van der Waals surface area contributed by atoms with E-state index in [0.29, 0.717) is 75.9 Å². The van der Waals surface area contributed by atoms with E-state index >= 15 is 4.39 Å². The molecule has 2 unspecified atom stereocenters. The second kappa shape index (κ2) is 17.8. The zero-order chi connectivity index (χ0) is 49.4. The molecule has 4 aliphatic rings. The molecule has 364 valence electrons. The van der Waals surface area contributed by atoms with Crippen LogP contribution in [-0.2, 0) is 30.2 Å². The number of nitrogens with one attached hydrogen (secondary N) is 2. The normalized spacial score (nSPS) is 19.8. The highest BCUT2D eigenvalue weighted by Gasteiger charge is 2.43. The minimum Gasteiger partial charge on any atom is -0.480 e. The summed E-state index contributed by atoms with van der Waals surface area (Å²) in [5, 5.41) is 26.3. The molecule has 4 aliphatic heterocycles. The van der Waals surface area contributed by atoms with Gasteiger partial charge < -0.3 is 29.6 Å². The molecule has 6 heterocycles. The molecule has 0 bridgehead atoms. The summed E-state index contributed by atoms with van der Waals surface area (Å²) in [6, 6.07) is 18.6. The zero-order valence-electron chi connectivity index (χ0n) is 38.4. The van der Waals surface area contributed by atoms with Crippen LogP contribution < -0.4 is 25.2 Å². The lowest BCUT2D eigenvalue weighted by molar-refractivity contribution is -0.139. The number of sulfonamides is 1. The highest BCUT2D eigenvalue weighted by atomic mass is 32.2. The van der Waals surface area contributed by atoms with Crippen molar-refractivity contribution in [3.63, 3.8) is 0 Å². The number of nitrogens with zero attached hydrogens (tertiary/aromatic N) is 4. The molecule has 4 N–H and O–H groups in total.